The first-order valence-electron chi connectivity index (χ1n) is 10.4. The summed E-state index contributed by atoms with van der Waals surface area (Å²) in [5.41, 5.74) is 3.65. The fourth-order valence-electron chi connectivity index (χ4n) is 2.14. The van der Waals surface area contributed by atoms with Crippen LogP contribution in [0.25, 0.3) is 0 Å². The Balaban J connectivity index is 0. The van der Waals surface area contributed by atoms with Crippen LogP contribution >= 0.6 is 11.8 Å². The molecule has 0 heterocycles. The lowest BCUT2D eigenvalue weighted by Crippen LogP contribution is -2.14. The van der Waals surface area contributed by atoms with E-state index in [2.05, 4.69) is 42.8 Å². The predicted molar refractivity (Wildman–Crippen MR) is 143 cm³/mol. The molecule has 32 heavy (non-hydrogen) atoms. The molecule has 5 nitrogen and oxygen atoms in total. The average Bonchev–Trinajstić information content (AvgIpc) is 2.79. The van der Waals surface area contributed by atoms with Gasteiger partial charge in [-0.1, -0.05) is 43.5 Å². The van der Waals surface area contributed by atoms with Gasteiger partial charge in [-0.25, -0.2) is 0 Å². The van der Waals surface area contributed by atoms with E-state index < -0.39 is 0 Å². The van der Waals surface area contributed by atoms with Gasteiger partial charge in [-0.15, -0.1) is 11.8 Å². The molecule has 1 rings (SSSR count). The van der Waals surface area contributed by atoms with Gasteiger partial charge < -0.3 is 15.5 Å². The fourth-order valence-corrected chi connectivity index (χ4v) is 2.99. The highest BCUT2D eigenvalue weighted by atomic mass is 32.2. The zero-order valence-corrected chi connectivity index (χ0v) is 20.7. The predicted octanol–water partition coefficient (Wildman–Crippen LogP) is 6.56. The van der Waals surface area contributed by atoms with Crippen molar-refractivity contribution in [1.29, 1.82) is 5.41 Å². The van der Waals surface area contributed by atoms with Gasteiger partial charge in [0.15, 0.2) is 0 Å². The maximum absolute atomic E-state index is 9.06. The monoisotopic (exact) mass is 457 g/mol. The van der Waals surface area contributed by atoms with E-state index in [0.717, 1.165) is 47.9 Å². The van der Waals surface area contributed by atoms with Crippen molar-refractivity contribution < 1.29 is 9.53 Å². The fraction of sp³-hybridized carbons (Fsp3) is 0.346. The van der Waals surface area contributed by atoms with Crippen LogP contribution in [0.5, 0.6) is 0 Å². The number of carbonyl (C=O) groups excluding carboxylic acids is 1. The quantitative estimate of drug-likeness (QED) is 0.0631. The minimum atomic E-state index is 0.639. The second-order valence-electron chi connectivity index (χ2n) is 6.71. The molecular weight excluding hydrogens is 418 g/mol. The van der Waals surface area contributed by atoms with E-state index in [1.54, 1.807) is 18.9 Å². The lowest BCUT2D eigenvalue weighted by atomic mass is 10.1. The third kappa shape index (κ3) is 19.4. The summed E-state index contributed by atoms with van der Waals surface area (Å²) in [5.74, 6) is 0.914. The topological polar surface area (TPSA) is 74.5 Å². The van der Waals surface area contributed by atoms with Crippen molar-refractivity contribution in [2.45, 2.75) is 38.0 Å². The Labute approximate surface area is 199 Å². The molecule has 0 aromatic heterocycles. The SMILES string of the molecule is C=C(C)/C=C(/C=N)C(=C)C.C=CC=O.C=Nc1ccccc1SCNCCCCCOC. The van der Waals surface area contributed by atoms with Crippen molar-refractivity contribution in [3.05, 3.63) is 72.9 Å². The summed E-state index contributed by atoms with van der Waals surface area (Å²) in [5, 5.41) is 10.4. The smallest absolute Gasteiger partial charge is 0.142 e. The number of thioether (sulfide) groups is 1. The number of allylic oxidation sites excluding steroid dienone is 5. The Kier molecular flexibility index (Phi) is 22.9. The van der Waals surface area contributed by atoms with Crippen LogP contribution in [0.4, 0.5) is 5.69 Å². The molecule has 0 unspecified atom stereocenters. The zero-order chi connectivity index (χ0) is 24.6. The number of rotatable bonds is 14. The molecule has 0 amide bonds. The van der Waals surface area contributed by atoms with E-state index in [1.807, 2.05) is 38.1 Å². The van der Waals surface area contributed by atoms with Gasteiger partial charge in [0.25, 0.3) is 0 Å². The molecule has 6 heteroatoms. The third-order valence-corrected chi connectivity index (χ3v) is 4.72. The van der Waals surface area contributed by atoms with Crippen LogP contribution in [0.15, 0.2) is 82.8 Å². The Bertz CT molecular complexity index is 736. The second kappa shape index (κ2) is 23.1. The first kappa shape index (κ1) is 31.6. The zero-order valence-electron chi connectivity index (χ0n) is 19.9. The molecule has 1 aromatic carbocycles. The first-order chi connectivity index (χ1) is 15.4. The molecule has 0 aliphatic rings. The summed E-state index contributed by atoms with van der Waals surface area (Å²) in [6, 6.07) is 8.08. The Morgan fingerprint density at radius 3 is 2.34 bits per heavy atom. The van der Waals surface area contributed by atoms with Crippen molar-refractivity contribution >= 4 is 36.7 Å². The summed E-state index contributed by atoms with van der Waals surface area (Å²) in [7, 11) is 1.75. The number of aliphatic imine (C=N–C) groups is 1. The number of unbranched alkanes of at least 4 members (excludes halogenated alkanes) is 2. The van der Waals surface area contributed by atoms with Crippen LogP contribution in [0.2, 0.25) is 0 Å². The van der Waals surface area contributed by atoms with Gasteiger partial charge in [-0.3, -0.25) is 9.79 Å². The summed E-state index contributed by atoms with van der Waals surface area (Å²) in [6.07, 6.45) is 8.53. The second-order valence-corrected chi connectivity index (χ2v) is 7.73. The lowest BCUT2D eigenvalue weighted by Gasteiger charge is -2.06. The number of aldehydes is 1. The van der Waals surface area contributed by atoms with Gasteiger partial charge in [0, 0.05) is 30.7 Å². The molecule has 2 N–H and O–H groups in total. The minimum absolute atomic E-state index is 0.639. The first-order valence-corrected chi connectivity index (χ1v) is 11.3. The van der Waals surface area contributed by atoms with Crippen LogP contribution in [0.1, 0.15) is 33.1 Å². The number of benzene rings is 1. The number of methoxy groups -OCH3 is 1. The maximum Gasteiger partial charge on any atom is 0.142 e. The van der Waals surface area contributed by atoms with Gasteiger partial charge in [0.1, 0.15) is 6.29 Å². The molecule has 0 aliphatic heterocycles. The standard InChI is InChI=1S/C14H22N2OS.C9H13N.C3H4O/c1-15-13-8-4-5-9-14(13)18-12-16-10-6-3-7-11-17-2;1-7(2)5-9(6-10)8(3)4;1-2-3-4/h4-5,8-9,16H,1,3,6-7,10-12H2,2H3;5-6,10H,1,3H2,2,4H3;2-3H,1H2/b;9-5-,10-6?;. The van der Waals surface area contributed by atoms with Crippen molar-refractivity contribution in [3.63, 3.8) is 0 Å². The number of carbonyl (C=O) groups is 1. The van der Waals surface area contributed by atoms with Gasteiger partial charge in [-0.2, -0.15) is 0 Å². The molecule has 0 radical (unpaired) electrons. The van der Waals surface area contributed by atoms with E-state index >= 15 is 0 Å². The summed E-state index contributed by atoms with van der Waals surface area (Å²) in [6.45, 7) is 19.8. The summed E-state index contributed by atoms with van der Waals surface area (Å²) in [4.78, 5) is 14.2. The third-order valence-electron chi connectivity index (χ3n) is 3.71. The largest absolute Gasteiger partial charge is 0.385 e. The van der Waals surface area contributed by atoms with Crippen molar-refractivity contribution in [2.75, 3.05) is 26.1 Å². The molecule has 0 bridgehead atoms. The molecule has 176 valence electrons. The van der Waals surface area contributed by atoms with E-state index in [-0.39, 0.29) is 0 Å². The molecule has 0 spiro atoms. The molecule has 0 fully saturated rings. The molecular formula is C26H39N3O2S. The number of hydrogen-bond donors (Lipinski definition) is 2. The highest BCUT2D eigenvalue weighted by molar-refractivity contribution is 7.99. The van der Waals surface area contributed by atoms with Gasteiger partial charge in [0.05, 0.1) is 5.69 Å². The Morgan fingerprint density at radius 1 is 1.22 bits per heavy atom. The summed E-state index contributed by atoms with van der Waals surface area (Å²) < 4.78 is 5.01. The van der Waals surface area contributed by atoms with E-state index in [4.69, 9.17) is 14.9 Å². The number of para-hydroxylation sites is 1. The van der Waals surface area contributed by atoms with Crippen LogP contribution < -0.4 is 5.32 Å². The lowest BCUT2D eigenvalue weighted by molar-refractivity contribution is -0.104. The molecule has 1 aromatic rings. The summed E-state index contributed by atoms with van der Waals surface area (Å²) >= 11 is 1.77. The van der Waals surface area contributed by atoms with Gasteiger partial charge in [-0.05, 0) is 75.7 Å². The molecule has 0 saturated heterocycles. The highest BCUT2D eigenvalue weighted by Gasteiger charge is 1.99. The van der Waals surface area contributed by atoms with Crippen LogP contribution in [0, 0.1) is 5.41 Å². The van der Waals surface area contributed by atoms with E-state index in [0.29, 0.717) is 6.29 Å². The van der Waals surface area contributed by atoms with Crippen molar-refractivity contribution in [3.8, 4) is 0 Å². The van der Waals surface area contributed by atoms with Crippen LogP contribution in [-0.4, -0.2) is 45.4 Å². The van der Waals surface area contributed by atoms with Gasteiger partial charge >= 0.3 is 0 Å². The van der Waals surface area contributed by atoms with Gasteiger partial charge in [0.2, 0.25) is 0 Å². The maximum atomic E-state index is 9.06. The normalized spacial score (nSPS) is 9.91. The van der Waals surface area contributed by atoms with Crippen LogP contribution in [0.3, 0.4) is 0 Å². The molecule has 0 aliphatic carbocycles. The average molecular weight is 458 g/mol. The number of nitrogens with one attached hydrogen (secondary N) is 2. The highest BCUT2D eigenvalue weighted by Crippen LogP contribution is 2.27. The Morgan fingerprint density at radius 2 is 1.88 bits per heavy atom. The van der Waals surface area contributed by atoms with Crippen molar-refractivity contribution in [1.82, 2.24) is 5.32 Å². The van der Waals surface area contributed by atoms with E-state index in [9.17, 15) is 0 Å². The van der Waals surface area contributed by atoms with Crippen molar-refractivity contribution in [2.24, 2.45) is 4.99 Å². The Hall–Kier alpha value is -2.54. The molecule has 0 saturated carbocycles. The van der Waals surface area contributed by atoms with E-state index in [1.165, 1.54) is 30.0 Å². The number of hydrogen-bond acceptors (Lipinski definition) is 6. The number of nitrogens with zero attached hydrogens (tertiary/aromatic N) is 1. The number of ether oxygens (including phenoxy) is 1. The molecule has 0 atom stereocenters. The van der Waals surface area contributed by atoms with Crippen LogP contribution in [-0.2, 0) is 9.53 Å². The minimum Gasteiger partial charge on any atom is -0.385 e.